The summed E-state index contributed by atoms with van der Waals surface area (Å²) in [6.45, 7) is 2.20. The Kier molecular flexibility index (Phi) is 6.49. The van der Waals surface area contributed by atoms with Gasteiger partial charge in [0.2, 0.25) is 0 Å². The molecule has 0 radical (unpaired) electrons. The Balaban J connectivity index is 1.45. The molecule has 0 aliphatic carbocycles. The van der Waals surface area contributed by atoms with Gasteiger partial charge in [0, 0.05) is 32.4 Å². The van der Waals surface area contributed by atoms with E-state index in [0.717, 1.165) is 0 Å². The minimum atomic E-state index is -0.295. The summed E-state index contributed by atoms with van der Waals surface area (Å²) in [5, 5.41) is 19.7. The topological polar surface area (TPSA) is 109 Å². The lowest BCUT2D eigenvalue weighted by Crippen LogP contribution is -2.47. The zero-order valence-electron chi connectivity index (χ0n) is 15.8. The van der Waals surface area contributed by atoms with Crippen LogP contribution < -0.4 is 10.6 Å². The highest BCUT2D eigenvalue weighted by atomic mass is 16.5. The molecule has 0 spiro atoms. The quantitative estimate of drug-likeness (QED) is 0.699. The van der Waals surface area contributed by atoms with Gasteiger partial charge in [-0.25, -0.2) is 4.79 Å². The Morgan fingerprint density at radius 1 is 1.29 bits per heavy atom. The number of piperidine rings is 1. The van der Waals surface area contributed by atoms with Gasteiger partial charge in [-0.1, -0.05) is 12.1 Å². The van der Waals surface area contributed by atoms with Crippen LogP contribution in [0.5, 0.6) is 5.75 Å². The van der Waals surface area contributed by atoms with Crippen molar-refractivity contribution in [2.75, 3.05) is 32.1 Å². The molecule has 0 atom stereocenters. The molecule has 28 heavy (non-hydrogen) atoms. The van der Waals surface area contributed by atoms with E-state index in [1.54, 1.807) is 47.3 Å². The summed E-state index contributed by atoms with van der Waals surface area (Å²) in [5.74, 6) is -0.206. The SMILES string of the molecule is COCCn1cc(NC(=O)NC2CCN(C(=O)c3ccccc3O)CC2)cn1. The largest absolute Gasteiger partial charge is 0.507 e. The monoisotopic (exact) mass is 387 g/mol. The molecule has 3 N–H and O–H groups in total. The van der Waals surface area contributed by atoms with E-state index < -0.39 is 0 Å². The molecule has 0 bridgehead atoms. The highest BCUT2D eigenvalue weighted by Gasteiger charge is 2.25. The maximum Gasteiger partial charge on any atom is 0.319 e. The number of hydrogen-bond donors (Lipinski definition) is 3. The van der Waals surface area contributed by atoms with Crippen molar-refractivity contribution in [3.8, 4) is 5.75 Å². The highest BCUT2D eigenvalue weighted by molar-refractivity contribution is 5.96. The van der Waals surface area contributed by atoms with E-state index in [0.29, 0.717) is 50.3 Å². The van der Waals surface area contributed by atoms with Crippen LogP contribution in [-0.2, 0) is 11.3 Å². The van der Waals surface area contributed by atoms with Crippen LogP contribution in [0.15, 0.2) is 36.7 Å². The summed E-state index contributed by atoms with van der Waals surface area (Å²) >= 11 is 0. The number of amides is 3. The molecule has 3 amide bonds. The van der Waals surface area contributed by atoms with Crippen LogP contribution in [0.25, 0.3) is 0 Å². The van der Waals surface area contributed by atoms with Gasteiger partial charge in [0.1, 0.15) is 5.75 Å². The van der Waals surface area contributed by atoms with Crippen molar-refractivity contribution in [2.45, 2.75) is 25.4 Å². The lowest BCUT2D eigenvalue weighted by Gasteiger charge is -2.32. The number of methoxy groups -OCH3 is 1. The zero-order valence-corrected chi connectivity index (χ0v) is 15.8. The van der Waals surface area contributed by atoms with E-state index in [2.05, 4.69) is 15.7 Å². The van der Waals surface area contributed by atoms with E-state index in [1.165, 1.54) is 6.07 Å². The van der Waals surface area contributed by atoms with Gasteiger partial charge >= 0.3 is 6.03 Å². The standard InChI is InChI=1S/C19H25N5O4/c1-28-11-10-24-13-15(12-20-24)22-19(27)21-14-6-8-23(9-7-14)18(26)16-4-2-3-5-17(16)25/h2-5,12-14,25H,6-11H2,1H3,(H2,21,22,27). The smallest absolute Gasteiger partial charge is 0.319 e. The molecule has 1 saturated heterocycles. The van der Waals surface area contributed by atoms with Crippen LogP contribution in [0.1, 0.15) is 23.2 Å². The van der Waals surface area contributed by atoms with Crippen molar-refractivity contribution < 1.29 is 19.4 Å². The molecule has 9 nitrogen and oxygen atoms in total. The third-order valence-electron chi connectivity index (χ3n) is 4.67. The summed E-state index contributed by atoms with van der Waals surface area (Å²) in [7, 11) is 1.62. The van der Waals surface area contributed by atoms with Crippen molar-refractivity contribution in [1.82, 2.24) is 20.0 Å². The second kappa shape index (κ2) is 9.23. The molecular formula is C19H25N5O4. The van der Waals surface area contributed by atoms with Crippen LogP contribution in [0.3, 0.4) is 0 Å². The Morgan fingerprint density at radius 2 is 2.04 bits per heavy atom. The van der Waals surface area contributed by atoms with Crippen LogP contribution in [0.4, 0.5) is 10.5 Å². The fourth-order valence-corrected chi connectivity index (χ4v) is 3.14. The maximum absolute atomic E-state index is 12.5. The van der Waals surface area contributed by atoms with Gasteiger partial charge < -0.3 is 25.4 Å². The molecule has 1 aliphatic heterocycles. The molecule has 2 aromatic rings. The zero-order chi connectivity index (χ0) is 19.9. The van der Waals surface area contributed by atoms with Gasteiger partial charge in [-0.05, 0) is 25.0 Å². The predicted octanol–water partition coefficient (Wildman–Crippen LogP) is 1.66. The molecule has 3 rings (SSSR count). The van der Waals surface area contributed by atoms with Gasteiger partial charge in [0.05, 0.1) is 30.6 Å². The second-order valence-electron chi connectivity index (χ2n) is 6.67. The number of likely N-dealkylation sites (tertiary alicyclic amines) is 1. The number of para-hydroxylation sites is 1. The van der Waals surface area contributed by atoms with Crippen LogP contribution in [0.2, 0.25) is 0 Å². The molecule has 1 aliphatic rings. The Bertz CT molecular complexity index is 814. The average Bonchev–Trinajstić information content (AvgIpc) is 3.14. The van der Waals surface area contributed by atoms with Crippen LogP contribution in [-0.4, -0.2) is 64.6 Å². The van der Waals surface area contributed by atoms with E-state index in [9.17, 15) is 14.7 Å². The Hall–Kier alpha value is -3.07. The van der Waals surface area contributed by atoms with Crippen molar-refractivity contribution in [3.05, 3.63) is 42.2 Å². The number of urea groups is 1. The van der Waals surface area contributed by atoms with E-state index in [1.807, 2.05) is 0 Å². The first kappa shape index (κ1) is 19.7. The highest BCUT2D eigenvalue weighted by Crippen LogP contribution is 2.20. The summed E-state index contributed by atoms with van der Waals surface area (Å²) in [6, 6.07) is 6.21. The Labute approximate surface area is 163 Å². The number of aromatic nitrogens is 2. The fourth-order valence-electron chi connectivity index (χ4n) is 3.14. The number of carbonyl (C=O) groups excluding carboxylic acids is 2. The van der Waals surface area contributed by atoms with Gasteiger partial charge in [-0.3, -0.25) is 9.48 Å². The summed E-state index contributed by atoms with van der Waals surface area (Å²) in [4.78, 5) is 26.4. The minimum Gasteiger partial charge on any atom is -0.507 e. The number of aromatic hydroxyl groups is 1. The molecule has 1 aromatic heterocycles. The van der Waals surface area contributed by atoms with Gasteiger partial charge in [0.15, 0.2) is 0 Å². The average molecular weight is 387 g/mol. The number of hydrogen-bond acceptors (Lipinski definition) is 5. The van der Waals surface area contributed by atoms with Gasteiger partial charge in [-0.2, -0.15) is 5.10 Å². The number of rotatable bonds is 6. The Morgan fingerprint density at radius 3 is 2.75 bits per heavy atom. The number of phenolic OH excluding ortho intramolecular Hbond substituents is 1. The number of benzene rings is 1. The second-order valence-corrected chi connectivity index (χ2v) is 6.67. The predicted molar refractivity (Wildman–Crippen MR) is 103 cm³/mol. The normalized spacial score (nSPS) is 14.7. The summed E-state index contributed by atoms with van der Waals surface area (Å²) < 4.78 is 6.69. The lowest BCUT2D eigenvalue weighted by atomic mass is 10.0. The summed E-state index contributed by atoms with van der Waals surface area (Å²) in [5.41, 5.74) is 0.915. The fraction of sp³-hybridized carbons (Fsp3) is 0.421. The molecular weight excluding hydrogens is 362 g/mol. The van der Waals surface area contributed by atoms with Gasteiger partial charge in [-0.15, -0.1) is 0 Å². The summed E-state index contributed by atoms with van der Waals surface area (Å²) in [6.07, 6.45) is 4.63. The number of nitrogens with zero attached hydrogens (tertiary/aromatic N) is 3. The van der Waals surface area contributed by atoms with E-state index in [4.69, 9.17) is 4.74 Å². The van der Waals surface area contributed by atoms with Crippen molar-refractivity contribution in [3.63, 3.8) is 0 Å². The number of anilines is 1. The number of nitrogens with one attached hydrogen (secondary N) is 2. The first-order valence-corrected chi connectivity index (χ1v) is 9.23. The third-order valence-corrected chi connectivity index (χ3v) is 4.67. The van der Waals surface area contributed by atoms with Gasteiger partial charge in [0.25, 0.3) is 5.91 Å². The van der Waals surface area contributed by atoms with Crippen molar-refractivity contribution in [2.24, 2.45) is 0 Å². The first-order valence-electron chi connectivity index (χ1n) is 9.23. The number of ether oxygens (including phenoxy) is 1. The molecule has 150 valence electrons. The maximum atomic E-state index is 12.5. The number of carbonyl (C=O) groups is 2. The van der Waals surface area contributed by atoms with E-state index in [-0.39, 0.29) is 23.7 Å². The lowest BCUT2D eigenvalue weighted by molar-refractivity contribution is 0.0706. The number of phenols is 1. The van der Waals surface area contributed by atoms with Crippen LogP contribution in [0, 0.1) is 0 Å². The first-order chi connectivity index (χ1) is 13.6. The molecule has 1 aromatic carbocycles. The third kappa shape index (κ3) is 5.01. The molecule has 0 unspecified atom stereocenters. The van der Waals surface area contributed by atoms with Crippen molar-refractivity contribution >= 4 is 17.6 Å². The van der Waals surface area contributed by atoms with Crippen molar-refractivity contribution in [1.29, 1.82) is 0 Å². The molecule has 0 saturated carbocycles. The minimum absolute atomic E-state index is 0.0156. The molecule has 2 heterocycles. The molecule has 1 fully saturated rings. The van der Waals surface area contributed by atoms with Crippen LogP contribution >= 0.6 is 0 Å². The van der Waals surface area contributed by atoms with E-state index >= 15 is 0 Å². The molecule has 9 heteroatoms.